The minimum absolute atomic E-state index is 0.135. The van der Waals surface area contributed by atoms with E-state index in [1.165, 1.54) is 32.4 Å². The predicted octanol–water partition coefficient (Wildman–Crippen LogP) is 1.61. The fourth-order valence-electron chi connectivity index (χ4n) is 3.57. The summed E-state index contributed by atoms with van der Waals surface area (Å²) in [6.45, 7) is 10.2. The van der Waals surface area contributed by atoms with Crippen LogP contribution in [0.15, 0.2) is 4.99 Å². The maximum absolute atomic E-state index is 5.78. The summed E-state index contributed by atoms with van der Waals surface area (Å²) in [4.78, 5) is 6.96. The molecule has 0 aromatic carbocycles. The van der Waals surface area contributed by atoms with Gasteiger partial charge in [0.05, 0.1) is 5.60 Å². The molecule has 2 fully saturated rings. The van der Waals surface area contributed by atoms with Gasteiger partial charge in [-0.05, 0) is 39.8 Å². The van der Waals surface area contributed by atoms with Crippen LogP contribution in [0.25, 0.3) is 0 Å². The number of aliphatic imine (C=N–C) groups is 1. The first kappa shape index (κ1) is 19.5. The third-order valence-corrected chi connectivity index (χ3v) is 5.54. The first-order valence-electron chi connectivity index (χ1n) is 9.34. The summed E-state index contributed by atoms with van der Waals surface area (Å²) in [6, 6.07) is 0. The smallest absolute Gasteiger partial charge is 0.191 e. The van der Waals surface area contributed by atoms with Crippen LogP contribution in [0.2, 0.25) is 0 Å². The van der Waals surface area contributed by atoms with Crippen LogP contribution in [-0.4, -0.2) is 75.5 Å². The molecule has 6 nitrogen and oxygen atoms in total. The van der Waals surface area contributed by atoms with Gasteiger partial charge in [0.15, 0.2) is 5.96 Å². The molecule has 24 heavy (non-hydrogen) atoms. The molecule has 0 unspecified atom stereocenters. The predicted molar refractivity (Wildman–Crippen MR) is 98.7 cm³/mol. The molecule has 0 radical (unpaired) electrons. The maximum Gasteiger partial charge on any atom is 0.191 e. The van der Waals surface area contributed by atoms with Crippen LogP contribution in [0.3, 0.4) is 0 Å². The van der Waals surface area contributed by atoms with Gasteiger partial charge in [-0.2, -0.15) is 0 Å². The summed E-state index contributed by atoms with van der Waals surface area (Å²) in [5.74, 6) is 0.850. The number of rotatable bonds is 6. The van der Waals surface area contributed by atoms with E-state index in [4.69, 9.17) is 9.47 Å². The quantitative estimate of drug-likeness (QED) is 0.568. The van der Waals surface area contributed by atoms with Crippen molar-refractivity contribution in [3.8, 4) is 0 Å². The van der Waals surface area contributed by atoms with Crippen molar-refractivity contribution in [2.24, 2.45) is 4.99 Å². The Labute approximate surface area is 147 Å². The van der Waals surface area contributed by atoms with Gasteiger partial charge in [0, 0.05) is 58.8 Å². The summed E-state index contributed by atoms with van der Waals surface area (Å²) in [5.41, 5.74) is -0.00603. The second-order valence-electron chi connectivity index (χ2n) is 7.64. The number of hydrogen-bond donors (Lipinski definition) is 2. The van der Waals surface area contributed by atoms with Crippen LogP contribution in [0.4, 0.5) is 0 Å². The lowest BCUT2D eigenvalue weighted by molar-refractivity contribution is -0.0855. The molecule has 0 spiro atoms. The molecule has 0 amide bonds. The summed E-state index contributed by atoms with van der Waals surface area (Å²) >= 11 is 0. The highest BCUT2D eigenvalue weighted by atomic mass is 16.5. The van der Waals surface area contributed by atoms with Gasteiger partial charge in [-0.3, -0.25) is 9.89 Å². The molecule has 2 aliphatic rings. The lowest BCUT2D eigenvalue weighted by Crippen LogP contribution is -2.56. The van der Waals surface area contributed by atoms with Gasteiger partial charge in [0.25, 0.3) is 0 Å². The van der Waals surface area contributed by atoms with E-state index >= 15 is 0 Å². The zero-order chi connectivity index (χ0) is 17.5. The van der Waals surface area contributed by atoms with Gasteiger partial charge in [0.2, 0.25) is 0 Å². The molecule has 140 valence electrons. The Balaban J connectivity index is 1.81. The maximum atomic E-state index is 5.78. The molecule has 0 bridgehead atoms. The Kier molecular flexibility index (Phi) is 7.32. The second kappa shape index (κ2) is 9.02. The standard InChI is InChI=1S/C18H36N4O2/c1-17(2,22-10-6-5-7-11-22)14-20-16(19-3)21-15-18(23-4)8-12-24-13-9-18/h5-15H2,1-4H3,(H2,19,20,21). The Morgan fingerprint density at radius 1 is 1.17 bits per heavy atom. The van der Waals surface area contributed by atoms with Crippen molar-refractivity contribution in [1.29, 1.82) is 0 Å². The van der Waals surface area contributed by atoms with E-state index in [1.54, 1.807) is 7.11 Å². The van der Waals surface area contributed by atoms with Crippen LogP contribution in [-0.2, 0) is 9.47 Å². The molecule has 0 saturated carbocycles. The third kappa shape index (κ3) is 5.33. The molecule has 2 heterocycles. The van der Waals surface area contributed by atoms with Crippen molar-refractivity contribution in [1.82, 2.24) is 15.5 Å². The molecule has 2 rings (SSSR count). The molecule has 6 heteroatoms. The molecule has 2 aliphatic heterocycles. The average Bonchev–Trinajstić information content (AvgIpc) is 2.63. The number of nitrogens with one attached hydrogen (secondary N) is 2. The summed E-state index contributed by atoms with van der Waals surface area (Å²) in [7, 11) is 3.62. The molecule has 0 aromatic rings. The molecule has 0 atom stereocenters. The fourth-order valence-corrected chi connectivity index (χ4v) is 3.57. The van der Waals surface area contributed by atoms with E-state index in [-0.39, 0.29) is 11.1 Å². The van der Waals surface area contributed by atoms with E-state index in [9.17, 15) is 0 Å². The minimum Gasteiger partial charge on any atom is -0.381 e. The Bertz CT molecular complexity index is 400. The minimum atomic E-state index is -0.141. The summed E-state index contributed by atoms with van der Waals surface area (Å²) in [5, 5.41) is 6.94. The number of likely N-dealkylation sites (tertiary alicyclic amines) is 1. The van der Waals surface area contributed by atoms with Crippen molar-refractivity contribution in [3.05, 3.63) is 0 Å². The highest BCUT2D eigenvalue weighted by Crippen LogP contribution is 2.23. The normalized spacial score (nSPS) is 23.1. The van der Waals surface area contributed by atoms with E-state index in [0.717, 1.165) is 45.1 Å². The first-order chi connectivity index (χ1) is 11.5. The van der Waals surface area contributed by atoms with Gasteiger partial charge >= 0.3 is 0 Å². The van der Waals surface area contributed by atoms with E-state index < -0.39 is 0 Å². The van der Waals surface area contributed by atoms with E-state index in [2.05, 4.69) is 34.4 Å². The van der Waals surface area contributed by atoms with E-state index in [1.807, 2.05) is 7.05 Å². The lowest BCUT2D eigenvalue weighted by Gasteiger charge is -2.41. The topological polar surface area (TPSA) is 58.1 Å². The molecule has 0 aromatic heterocycles. The first-order valence-corrected chi connectivity index (χ1v) is 9.34. The fraction of sp³-hybridized carbons (Fsp3) is 0.944. The van der Waals surface area contributed by atoms with E-state index in [0.29, 0.717) is 0 Å². The van der Waals surface area contributed by atoms with Crippen LogP contribution in [0.1, 0.15) is 46.0 Å². The summed E-state index contributed by atoms with van der Waals surface area (Å²) < 4.78 is 11.2. The number of methoxy groups -OCH3 is 1. The lowest BCUT2D eigenvalue weighted by atomic mass is 9.94. The number of nitrogens with zero attached hydrogens (tertiary/aromatic N) is 2. The van der Waals surface area contributed by atoms with Gasteiger partial charge in [-0.15, -0.1) is 0 Å². The number of ether oxygens (including phenoxy) is 2. The third-order valence-electron chi connectivity index (χ3n) is 5.54. The molecule has 2 saturated heterocycles. The Morgan fingerprint density at radius 2 is 1.83 bits per heavy atom. The average molecular weight is 341 g/mol. The Hall–Kier alpha value is -0.850. The van der Waals surface area contributed by atoms with Crippen molar-refractivity contribution < 1.29 is 9.47 Å². The molecular formula is C18H36N4O2. The number of hydrogen-bond acceptors (Lipinski definition) is 4. The monoisotopic (exact) mass is 340 g/mol. The van der Waals surface area contributed by atoms with Gasteiger partial charge < -0.3 is 20.1 Å². The van der Waals surface area contributed by atoms with Crippen LogP contribution in [0.5, 0.6) is 0 Å². The second-order valence-corrected chi connectivity index (χ2v) is 7.64. The van der Waals surface area contributed by atoms with Crippen molar-refractivity contribution >= 4 is 5.96 Å². The Morgan fingerprint density at radius 3 is 2.42 bits per heavy atom. The highest BCUT2D eigenvalue weighted by Gasteiger charge is 2.33. The highest BCUT2D eigenvalue weighted by molar-refractivity contribution is 5.79. The van der Waals surface area contributed by atoms with Crippen molar-refractivity contribution in [2.45, 2.75) is 57.1 Å². The molecular weight excluding hydrogens is 304 g/mol. The molecule has 0 aliphatic carbocycles. The van der Waals surface area contributed by atoms with Gasteiger partial charge in [0.1, 0.15) is 0 Å². The van der Waals surface area contributed by atoms with Crippen LogP contribution >= 0.6 is 0 Å². The molecule has 2 N–H and O–H groups in total. The van der Waals surface area contributed by atoms with Crippen LogP contribution in [0, 0.1) is 0 Å². The van der Waals surface area contributed by atoms with Crippen molar-refractivity contribution in [2.75, 3.05) is 53.6 Å². The van der Waals surface area contributed by atoms with Crippen LogP contribution < -0.4 is 10.6 Å². The van der Waals surface area contributed by atoms with Gasteiger partial charge in [-0.1, -0.05) is 6.42 Å². The zero-order valence-electron chi connectivity index (χ0n) is 16.0. The SMILES string of the molecule is CN=C(NCC1(OC)CCOCC1)NCC(C)(C)N1CCCCC1. The van der Waals surface area contributed by atoms with Crippen molar-refractivity contribution in [3.63, 3.8) is 0 Å². The zero-order valence-corrected chi connectivity index (χ0v) is 16.0. The summed E-state index contributed by atoms with van der Waals surface area (Å²) in [6.07, 6.45) is 5.84. The number of piperidine rings is 1. The largest absolute Gasteiger partial charge is 0.381 e. The number of guanidine groups is 1. The van der Waals surface area contributed by atoms with Gasteiger partial charge in [-0.25, -0.2) is 0 Å².